The van der Waals surface area contributed by atoms with E-state index < -0.39 is 6.04 Å². The second-order valence-electron chi connectivity index (χ2n) is 8.71. The molecule has 0 bridgehead atoms. The minimum atomic E-state index is -0.470. The highest BCUT2D eigenvalue weighted by Crippen LogP contribution is 2.26. The summed E-state index contributed by atoms with van der Waals surface area (Å²) in [5, 5.41) is 0. The number of benzene rings is 1. The van der Waals surface area contributed by atoms with Crippen LogP contribution in [0.2, 0.25) is 0 Å². The summed E-state index contributed by atoms with van der Waals surface area (Å²) in [6, 6.07) is 5.62. The molecule has 3 fully saturated rings. The first-order chi connectivity index (χ1) is 14.3. The molecule has 0 aromatic heterocycles. The SMILES string of the molecule is Cc1cccc(N2CCN(C(=O)CN3C[C@H]4CN(C)C(=O)[C@H](C)N4C3=O)CC2)c1C. The average molecular weight is 414 g/mol. The summed E-state index contributed by atoms with van der Waals surface area (Å²) in [5.74, 6) is -0.0634. The Morgan fingerprint density at radius 2 is 1.77 bits per heavy atom. The van der Waals surface area contributed by atoms with Crippen LogP contribution in [0.1, 0.15) is 18.1 Å². The maximum Gasteiger partial charge on any atom is 0.321 e. The number of nitrogens with zero attached hydrogens (tertiary/aromatic N) is 5. The quantitative estimate of drug-likeness (QED) is 0.739. The van der Waals surface area contributed by atoms with Crippen LogP contribution in [-0.4, -0.2) is 102 Å². The van der Waals surface area contributed by atoms with Gasteiger partial charge in [-0.25, -0.2) is 4.79 Å². The molecule has 30 heavy (non-hydrogen) atoms. The number of aryl methyl sites for hydroxylation is 1. The number of urea groups is 1. The summed E-state index contributed by atoms with van der Waals surface area (Å²) in [6.45, 7) is 10.00. The standard InChI is InChI=1S/C22H31N5O3/c1-15-6-5-7-19(16(15)2)24-8-10-25(11-9-24)20(28)14-26-13-18-12-23(4)21(29)17(3)27(18)22(26)30/h5-7,17-18H,8-14H2,1-4H3/t17-,18+/m0/s1. The number of carbonyl (C=O) groups excluding carboxylic acids is 3. The van der Waals surface area contributed by atoms with Gasteiger partial charge in [0.1, 0.15) is 12.6 Å². The molecule has 0 N–H and O–H groups in total. The molecule has 8 heteroatoms. The Kier molecular flexibility index (Phi) is 5.34. The van der Waals surface area contributed by atoms with Crippen molar-refractivity contribution in [2.24, 2.45) is 0 Å². The summed E-state index contributed by atoms with van der Waals surface area (Å²) in [5.41, 5.74) is 3.79. The fourth-order valence-electron chi connectivity index (χ4n) is 4.88. The summed E-state index contributed by atoms with van der Waals surface area (Å²) in [7, 11) is 1.77. The summed E-state index contributed by atoms with van der Waals surface area (Å²) < 4.78 is 0. The number of piperazine rings is 2. The Morgan fingerprint density at radius 1 is 1.07 bits per heavy atom. The molecule has 3 aliphatic rings. The highest BCUT2D eigenvalue weighted by molar-refractivity contribution is 5.91. The molecule has 0 saturated carbocycles. The van der Waals surface area contributed by atoms with Crippen LogP contribution in [0.15, 0.2) is 18.2 Å². The van der Waals surface area contributed by atoms with Crippen molar-refractivity contribution in [1.29, 1.82) is 0 Å². The molecule has 8 nitrogen and oxygen atoms in total. The van der Waals surface area contributed by atoms with Gasteiger partial charge in [-0.15, -0.1) is 0 Å². The third kappa shape index (κ3) is 3.48. The van der Waals surface area contributed by atoms with Gasteiger partial charge in [0.25, 0.3) is 0 Å². The maximum atomic E-state index is 12.9. The second kappa shape index (κ2) is 7.81. The first-order valence-electron chi connectivity index (χ1n) is 10.7. The van der Waals surface area contributed by atoms with Crippen LogP contribution >= 0.6 is 0 Å². The van der Waals surface area contributed by atoms with Crippen LogP contribution in [0.25, 0.3) is 0 Å². The Bertz CT molecular complexity index is 864. The first-order valence-corrected chi connectivity index (χ1v) is 10.7. The minimum absolute atomic E-state index is 0.0175. The van der Waals surface area contributed by atoms with E-state index in [2.05, 4.69) is 36.9 Å². The smallest absolute Gasteiger partial charge is 0.321 e. The van der Waals surface area contributed by atoms with Crippen molar-refractivity contribution >= 4 is 23.5 Å². The van der Waals surface area contributed by atoms with Gasteiger partial charge in [0.2, 0.25) is 11.8 Å². The number of hydrogen-bond acceptors (Lipinski definition) is 4. The van der Waals surface area contributed by atoms with Crippen LogP contribution in [0.3, 0.4) is 0 Å². The van der Waals surface area contributed by atoms with Gasteiger partial charge in [-0.3, -0.25) is 9.59 Å². The molecule has 162 valence electrons. The van der Waals surface area contributed by atoms with Crippen LogP contribution in [0.4, 0.5) is 10.5 Å². The molecule has 3 aliphatic heterocycles. The Hall–Kier alpha value is -2.77. The third-order valence-corrected chi connectivity index (χ3v) is 6.83. The molecular formula is C22H31N5O3. The number of fused-ring (bicyclic) bond motifs is 1. The van der Waals surface area contributed by atoms with Crippen molar-refractivity contribution < 1.29 is 14.4 Å². The van der Waals surface area contributed by atoms with Crippen LogP contribution in [0, 0.1) is 13.8 Å². The Morgan fingerprint density at radius 3 is 2.47 bits per heavy atom. The molecule has 4 rings (SSSR count). The second-order valence-corrected chi connectivity index (χ2v) is 8.71. The van der Waals surface area contributed by atoms with Gasteiger partial charge < -0.3 is 24.5 Å². The fourth-order valence-corrected chi connectivity index (χ4v) is 4.88. The van der Waals surface area contributed by atoms with Crippen LogP contribution < -0.4 is 4.90 Å². The van der Waals surface area contributed by atoms with Gasteiger partial charge in [0.15, 0.2) is 0 Å². The molecule has 4 amide bonds. The average Bonchev–Trinajstić information content (AvgIpc) is 3.03. The lowest BCUT2D eigenvalue weighted by Gasteiger charge is -2.38. The molecule has 0 aliphatic carbocycles. The predicted octanol–water partition coefficient (Wildman–Crippen LogP) is 0.919. The van der Waals surface area contributed by atoms with Crippen molar-refractivity contribution in [3.05, 3.63) is 29.3 Å². The topological polar surface area (TPSA) is 67.4 Å². The lowest BCUT2D eigenvalue weighted by Crippen LogP contribution is -2.59. The third-order valence-electron chi connectivity index (χ3n) is 6.83. The normalized spacial score (nSPS) is 24.6. The van der Waals surface area contributed by atoms with E-state index in [9.17, 15) is 14.4 Å². The maximum absolute atomic E-state index is 12.9. The highest BCUT2D eigenvalue weighted by Gasteiger charge is 2.47. The first kappa shape index (κ1) is 20.5. The monoisotopic (exact) mass is 413 g/mol. The molecule has 0 spiro atoms. The number of anilines is 1. The molecule has 1 aromatic carbocycles. The molecule has 1 aromatic rings. The van der Waals surface area contributed by atoms with Gasteiger partial charge in [-0.05, 0) is 38.0 Å². The van der Waals surface area contributed by atoms with Gasteiger partial charge in [0.05, 0.1) is 6.04 Å². The highest BCUT2D eigenvalue weighted by atomic mass is 16.2. The lowest BCUT2D eigenvalue weighted by molar-refractivity contribution is -0.139. The van der Waals surface area contributed by atoms with E-state index in [-0.39, 0.29) is 30.4 Å². The largest absolute Gasteiger partial charge is 0.368 e. The number of hydrogen-bond donors (Lipinski definition) is 0. The van der Waals surface area contributed by atoms with Gasteiger partial charge in [-0.1, -0.05) is 12.1 Å². The zero-order valence-corrected chi connectivity index (χ0v) is 18.3. The van der Waals surface area contributed by atoms with Gasteiger partial charge >= 0.3 is 6.03 Å². The number of carbonyl (C=O) groups is 3. The van der Waals surface area contributed by atoms with Crippen molar-refractivity contribution in [2.75, 3.05) is 57.8 Å². The molecule has 2 atom stereocenters. The predicted molar refractivity (Wildman–Crippen MR) is 114 cm³/mol. The number of rotatable bonds is 3. The van der Waals surface area contributed by atoms with Gasteiger partial charge in [0, 0.05) is 52.0 Å². The minimum Gasteiger partial charge on any atom is -0.368 e. The number of likely N-dealkylation sites (N-methyl/N-ethyl adjacent to an activating group) is 1. The van der Waals surface area contributed by atoms with E-state index in [1.165, 1.54) is 16.8 Å². The fraction of sp³-hybridized carbons (Fsp3) is 0.591. The summed E-state index contributed by atoms with van der Waals surface area (Å²) in [6.07, 6.45) is 0. The zero-order valence-electron chi connectivity index (χ0n) is 18.3. The van der Waals surface area contributed by atoms with E-state index in [1.54, 1.807) is 28.7 Å². The Balaban J connectivity index is 1.35. The van der Waals surface area contributed by atoms with Crippen LogP contribution in [-0.2, 0) is 9.59 Å². The van der Waals surface area contributed by atoms with E-state index in [0.717, 1.165) is 13.1 Å². The van der Waals surface area contributed by atoms with Crippen molar-refractivity contribution in [2.45, 2.75) is 32.9 Å². The van der Waals surface area contributed by atoms with E-state index in [1.807, 2.05) is 4.90 Å². The molecule has 3 heterocycles. The van der Waals surface area contributed by atoms with Crippen molar-refractivity contribution in [1.82, 2.24) is 19.6 Å². The van der Waals surface area contributed by atoms with Crippen LogP contribution in [0.5, 0.6) is 0 Å². The summed E-state index contributed by atoms with van der Waals surface area (Å²) >= 11 is 0. The van der Waals surface area contributed by atoms with Crippen molar-refractivity contribution in [3.63, 3.8) is 0 Å². The van der Waals surface area contributed by atoms with Crippen molar-refractivity contribution in [3.8, 4) is 0 Å². The van der Waals surface area contributed by atoms with E-state index in [4.69, 9.17) is 0 Å². The zero-order chi connectivity index (χ0) is 21.6. The van der Waals surface area contributed by atoms with Gasteiger partial charge in [-0.2, -0.15) is 0 Å². The molecule has 0 radical (unpaired) electrons. The molecule has 0 unspecified atom stereocenters. The molecular weight excluding hydrogens is 382 g/mol. The number of amides is 4. The molecule has 3 saturated heterocycles. The Labute approximate surface area is 178 Å². The summed E-state index contributed by atoms with van der Waals surface area (Å²) in [4.78, 5) is 47.1. The van der Waals surface area contributed by atoms with E-state index >= 15 is 0 Å². The lowest BCUT2D eigenvalue weighted by atomic mass is 10.1. The van der Waals surface area contributed by atoms with E-state index in [0.29, 0.717) is 26.2 Å².